The summed E-state index contributed by atoms with van der Waals surface area (Å²) in [6.07, 6.45) is 0.685. The van der Waals surface area contributed by atoms with Crippen molar-refractivity contribution in [2.75, 3.05) is 7.11 Å². The van der Waals surface area contributed by atoms with E-state index in [0.717, 1.165) is 17.4 Å². The fourth-order valence-electron chi connectivity index (χ4n) is 2.07. The molecule has 0 unspecified atom stereocenters. The van der Waals surface area contributed by atoms with Gasteiger partial charge < -0.3 is 4.74 Å². The lowest BCUT2D eigenvalue weighted by molar-refractivity contribution is -0.384. The second-order valence-electron chi connectivity index (χ2n) is 5.16. The van der Waals surface area contributed by atoms with Crippen molar-refractivity contribution in [1.82, 2.24) is 10.9 Å². The van der Waals surface area contributed by atoms with Gasteiger partial charge in [-0.15, -0.1) is 0 Å². The Bertz CT molecular complexity index is 774. The summed E-state index contributed by atoms with van der Waals surface area (Å²) in [6, 6.07) is 12.6. The third-order valence-corrected chi connectivity index (χ3v) is 3.43. The molecular weight excluding hydrogens is 326 g/mol. The fraction of sp³-hybridized carbons (Fsp3) is 0.176. The van der Waals surface area contributed by atoms with Gasteiger partial charge in [-0.3, -0.25) is 30.6 Å². The van der Waals surface area contributed by atoms with E-state index in [1.54, 1.807) is 19.2 Å². The van der Waals surface area contributed by atoms with Crippen molar-refractivity contribution >= 4 is 17.5 Å². The number of ether oxygens (including phenoxy) is 1. The minimum atomic E-state index is -0.624. The van der Waals surface area contributed by atoms with Gasteiger partial charge in [0, 0.05) is 24.1 Å². The summed E-state index contributed by atoms with van der Waals surface area (Å²) in [6.45, 7) is 0. The average Bonchev–Trinajstić information content (AvgIpc) is 2.64. The number of amides is 2. The van der Waals surface area contributed by atoms with Crippen LogP contribution >= 0.6 is 0 Å². The molecule has 2 N–H and O–H groups in total. The summed E-state index contributed by atoms with van der Waals surface area (Å²) in [7, 11) is 1.58. The number of aryl methyl sites for hydroxylation is 1. The van der Waals surface area contributed by atoms with E-state index in [4.69, 9.17) is 4.74 Å². The van der Waals surface area contributed by atoms with Crippen LogP contribution in [-0.4, -0.2) is 23.8 Å². The number of hydrogen-bond donors (Lipinski definition) is 2. The van der Waals surface area contributed by atoms with E-state index in [2.05, 4.69) is 10.9 Å². The van der Waals surface area contributed by atoms with Crippen LogP contribution in [0.3, 0.4) is 0 Å². The van der Waals surface area contributed by atoms with Crippen molar-refractivity contribution in [3.05, 3.63) is 69.8 Å². The zero-order valence-corrected chi connectivity index (χ0v) is 13.5. The maximum Gasteiger partial charge on any atom is 0.270 e. The van der Waals surface area contributed by atoms with E-state index in [0.29, 0.717) is 6.42 Å². The van der Waals surface area contributed by atoms with Gasteiger partial charge in [0.05, 0.1) is 12.0 Å². The van der Waals surface area contributed by atoms with Crippen molar-refractivity contribution < 1.29 is 19.2 Å². The quantitative estimate of drug-likeness (QED) is 0.615. The van der Waals surface area contributed by atoms with Crippen LogP contribution in [0.1, 0.15) is 22.3 Å². The number of hydrazine groups is 1. The van der Waals surface area contributed by atoms with Crippen LogP contribution in [0.25, 0.3) is 0 Å². The number of rotatable bonds is 6. The van der Waals surface area contributed by atoms with Gasteiger partial charge in [-0.2, -0.15) is 0 Å². The first kappa shape index (κ1) is 17.9. The van der Waals surface area contributed by atoms with Crippen LogP contribution in [0.2, 0.25) is 0 Å². The molecule has 8 heteroatoms. The smallest absolute Gasteiger partial charge is 0.270 e. The third kappa shape index (κ3) is 5.31. The standard InChI is InChI=1S/C17H17N3O5/c1-25-15-8-5-12(6-9-15)7-10-16(21)18-19-17(22)13-3-2-4-14(11-13)20(23)24/h2-6,8-9,11H,7,10H2,1H3,(H,18,21)(H,19,22). The lowest BCUT2D eigenvalue weighted by Crippen LogP contribution is -2.41. The molecule has 2 rings (SSSR count). The monoisotopic (exact) mass is 343 g/mol. The molecule has 2 aromatic carbocycles. The molecule has 0 radical (unpaired) electrons. The number of nitrogens with one attached hydrogen (secondary N) is 2. The Labute approximate surface area is 143 Å². The predicted octanol–water partition coefficient (Wildman–Crippen LogP) is 2.00. The molecule has 0 aliphatic rings. The Morgan fingerprint density at radius 1 is 1.12 bits per heavy atom. The normalized spacial score (nSPS) is 9.96. The molecule has 0 aliphatic heterocycles. The first-order chi connectivity index (χ1) is 12.0. The number of benzene rings is 2. The maximum absolute atomic E-state index is 11.9. The van der Waals surface area contributed by atoms with E-state index in [-0.39, 0.29) is 23.6 Å². The van der Waals surface area contributed by atoms with Crippen LogP contribution in [0.5, 0.6) is 5.75 Å². The van der Waals surface area contributed by atoms with Crippen LogP contribution < -0.4 is 15.6 Å². The van der Waals surface area contributed by atoms with Crippen molar-refractivity contribution in [1.29, 1.82) is 0 Å². The minimum Gasteiger partial charge on any atom is -0.497 e. The van der Waals surface area contributed by atoms with E-state index in [1.807, 2.05) is 12.1 Å². The number of hydrogen-bond acceptors (Lipinski definition) is 5. The van der Waals surface area contributed by atoms with Crippen molar-refractivity contribution in [2.24, 2.45) is 0 Å². The lowest BCUT2D eigenvalue weighted by Gasteiger charge is -2.08. The van der Waals surface area contributed by atoms with E-state index >= 15 is 0 Å². The average molecular weight is 343 g/mol. The Kier molecular flexibility index (Phi) is 6.05. The largest absolute Gasteiger partial charge is 0.497 e. The van der Waals surface area contributed by atoms with Gasteiger partial charge in [0.15, 0.2) is 0 Å². The molecule has 0 aliphatic carbocycles. The molecule has 0 saturated carbocycles. The summed E-state index contributed by atoms with van der Waals surface area (Å²) in [5, 5.41) is 10.7. The fourth-order valence-corrected chi connectivity index (χ4v) is 2.07. The zero-order valence-electron chi connectivity index (χ0n) is 13.5. The molecular formula is C17H17N3O5. The molecule has 2 amide bonds. The predicted molar refractivity (Wildman–Crippen MR) is 90.0 cm³/mol. The Morgan fingerprint density at radius 3 is 2.48 bits per heavy atom. The lowest BCUT2D eigenvalue weighted by atomic mass is 10.1. The first-order valence-corrected chi connectivity index (χ1v) is 7.46. The van der Waals surface area contributed by atoms with Gasteiger partial charge >= 0.3 is 0 Å². The Hall–Kier alpha value is -3.42. The number of methoxy groups -OCH3 is 1. The second-order valence-corrected chi connectivity index (χ2v) is 5.16. The van der Waals surface area contributed by atoms with Crippen LogP contribution in [0, 0.1) is 10.1 Å². The minimum absolute atomic E-state index is 0.0876. The van der Waals surface area contributed by atoms with Crippen LogP contribution in [-0.2, 0) is 11.2 Å². The molecule has 130 valence electrons. The van der Waals surface area contributed by atoms with Gasteiger partial charge in [0.25, 0.3) is 11.6 Å². The third-order valence-electron chi connectivity index (χ3n) is 3.43. The second kappa shape index (κ2) is 8.44. The molecule has 25 heavy (non-hydrogen) atoms. The van der Waals surface area contributed by atoms with Gasteiger partial charge in [-0.25, -0.2) is 0 Å². The van der Waals surface area contributed by atoms with Crippen molar-refractivity contribution in [2.45, 2.75) is 12.8 Å². The van der Waals surface area contributed by atoms with Crippen molar-refractivity contribution in [3.8, 4) is 5.75 Å². The summed E-state index contributed by atoms with van der Waals surface area (Å²) < 4.78 is 5.06. The van der Waals surface area contributed by atoms with E-state index in [9.17, 15) is 19.7 Å². The van der Waals surface area contributed by atoms with E-state index < -0.39 is 10.8 Å². The number of nitro groups is 1. The molecule has 0 heterocycles. The summed E-state index contributed by atoms with van der Waals surface area (Å²) in [5.41, 5.74) is 5.38. The van der Waals surface area contributed by atoms with Crippen LogP contribution in [0.15, 0.2) is 48.5 Å². The Balaban J connectivity index is 1.81. The maximum atomic E-state index is 11.9. The van der Waals surface area contributed by atoms with Gasteiger partial charge in [-0.1, -0.05) is 18.2 Å². The topological polar surface area (TPSA) is 111 Å². The molecule has 8 nitrogen and oxygen atoms in total. The number of nitro benzene ring substituents is 1. The van der Waals surface area contributed by atoms with Gasteiger partial charge in [0.2, 0.25) is 5.91 Å². The molecule has 0 aromatic heterocycles. The molecule has 0 saturated heterocycles. The highest BCUT2D eigenvalue weighted by Gasteiger charge is 2.12. The Morgan fingerprint density at radius 2 is 1.84 bits per heavy atom. The molecule has 0 fully saturated rings. The van der Waals surface area contributed by atoms with Gasteiger partial charge in [0.1, 0.15) is 5.75 Å². The van der Waals surface area contributed by atoms with E-state index in [1.165, 1.54) is 18.2 Å². The van der Waals surface area contributed by atoms with Gasteiger partial charge in [-0.05, 0) is 30.2 Å². The molecule has 0 atom stereocenters. The first-order valence-electron chi connectivity index (χ1n) is 7.46. The highest BCUT2D eigenvalue weighted by molar-refractivity contribution is 5.95. The highest BCUT2D eigenvalue weighted by Crippen LogP contribution is 2.13. The molecule has 0 bridgehead atoms. The number of carbonyl (C=O) groups is 2. The summed E-state index contributed by atoms with van der Waals surface area (Å²) >= 11 is 0. The van der Waals surface area contributed by atoms with Crippen molar-refractivity contribution in [3.63, 3.8) is 0 Å². The van der Waals surface area contributed by atoms with Crippen LogP contribution in [0.4, 0.5) is 5.69 Å². The zero-order chi connectivity index (χ0) is 18.2. The molecule has 2 aromatic rings. The summed E-state index contributed by atoms with van der Waals surface area (Å²) in [5.74, 6) is -0.256. The number of nitrogens with zero attached hydrogens (tertiary/aromatic N) is 1. The molecule has 0 spiro atoms. The summed E-state index contributed by atoms with van der Waals surface area (Å²) in [4.78, 5) is 33.8. The highest BCUT2D eigenvalue weighted by atomic mass is 16.6. The number of non-ortho nitro benzene ring substituents is 1. The number of carbonyl (C=O) groups excluding carboxylic acids is 2. The SMILES string of the molecule is COc1ccc(CCC(=O)NNC(=O)c2cccc([N+](=O)[O-])c2)cc1.